The molecule has 1 aromatic heterocycles. The van der Waals surface area contributed by atoms with Crippen LogP contribution in [-0.2, 0) is 18.3 Å². The summed E-state index contributed by atoms with van der Waals surface area (Å²) in [6, 6.07) is 8.55. The van der Waals surface area contributed by atoms with Gasteiger partial charge in [0, 0.05) is 15.6 Å². The van der Waals surface area contributed by atoms with Gasteiger partial charge in [-0.25, -0.2) is 0 Å². The third-order valence-electron chi connectivity index (χ3n) is 4.19. The molecular weight excluding hydrogens is 300 g/mol. The van der Waals surface area contributed by atoms with Crippen LogP contribution >= 0.6 is 15.9 Å². The Morgan fingerprint density at radius 1 is 1.21 bits per heavy atom. The molecule has 19 heavy (non-hydrogen) atoms. The quantitative estimate of drug-likeness (QED) is 0.874. The van der Waals surface area contributed by atoms with E-state index in [1.165, 1.54) is 41.8 Å². The Labute approximate surface area is 122 Å². The van der Waals surface area contributed by atoms with E-state index in [1.807, 2.05) is 0 Å². The monoisotopic (exact) mass is 318 g/mol. The maximum absolute atomic E-state index is 4.64. The molecule has 0 saturated heterocycles. The molecule has 0 amide bonds. The number of nitrogens with zero attached hydrogens (tertiary/aromatic N) is 1. The lowest BCUT2D eigenvalue weighted by molar-refractivity contribution is 0.597. The van der Waals surface area contributed by atoms with Gasteiger partial charge in [0.05, 0.1) is 5.69 Å². The van der Waals surface area contributed by atoms with Crippen LogP contribution in [0.5, 0.6) is 0 Å². The maximum atomic E-state index is 4.64. The van der Waals surface area contributed by atoms with Gasteiger partial charge in [-0.15, -0.1) is 0 Å². The number of aromatic nitrogens is 2. The van der Waals surface area contributed by atoms with Crippen LogP contribution in [0, 0.1) is 0 Å². The highest BCUT2D eigenvalue weighted by molar-refractivity contribution is 9.10. The molecule has 0 fully saturated rings. The summed E-state index contributed by atoms with van der Waals surface area (Å²) in [7, 11) is 0. The third-order valence-corrected chi connectivity index (χ3v) is 4.69. The molecule has 1 N–H and O–H groups in total. The van der Waals surface area contributed by atoms with Crippen LogP contribution in [0.25, 0.3) is 0 Å². The van der Waals surface area contributed by atoms with Crippen molar-refractivity contribution in [2.45, 2.75) is 44.9 Å². The summed E-state index contributed by atoms with van der Waals surface area (Å²) in [6.45, 7) is 4.53. The topological polar surface area (TPSA) is 28.7 Å². The first-order valence-corrected chi connectivity index (χ1v) is 7.71. The Bertz CT molecular complexity index is 599. The summed E-state index contributed by atoms with van der Waals surface area (Å²) in [6.07, 6.45) is 4.88. The largest absolute Gasteiger partial charge is 0.282 e. The molecule has 100 valence electrons. The molecule has 0 bridgehead atoms. The second-order valence-electron chi connectivity index (χ2n) is 5.87. The van der Waals surface area contributed by atoms with Crippen LogP contribution in [0.1, 0.15) is 49.2 Å². The molecule has 3 rings (SSSR count). The van der Waals surface area contributed by atoms with Gasteiger partial charge in [-0.2, -0.15) is 5.10 Å². The maximum Gasteiger partial charge on any atom is 0.0756 e. The number of halogens is 1. The zero-order valence-corrected chi connectivity index (χ0v) is 13.0. The third kappa shape index (κ3) is 2.25. The van der Waals surface area contributed by atoms with Crippen LogP contribution in [0.15, 0.2) is 28.7 Å². The van der Waals surface area contributed by atoms with Crippen molar-refractivity contribution in [3.05, 3.63) is 51.3 Å². The van der Waals surface area contributed by atoms with Crippen molar-refractivity contribution in [2.75, 3.05) is 0 Å². The van der Waals surface area contributed by atoms with Crippen LogP contribution in [0.2, 0.25) is 0 Å². The van der Waals surface area contributed by atoms with E-state index in [2.05, 4.69) is 64.2 Å². The number of hydrogen-bond acceptors (Lipinski definition) is 1. The van der Waals surface area contributed by atoms with Crippen molar-refractivity contribution in [1.29, 1.82) is 0 Å². The number of aromatic amines is 1. The van der Waals surface area contributed by atoms with Gasteiger partial charge in [0.15, 0.2) is 0 Å². The second kappa shape index (κ2) is 4.78. The molecule has 2 aromatic rings. The van der Waals surface area contributed by atoms with Crippen LogP contribution in [0.4, 0.5) is 0 Å². The van der Waals surface area contributed by atoms with Crippen molar-refractivity contribution in [3.8, 4) is 0 Å². The van der Waals surface area contributed by atoms with Gasteiger partial charge in [-0.3, -0.25) is 5.10 Å². The Morgan fingerprint density at radius 2 is 2.00 bits per heavy atom. The number of nitrogens with one attached hydrogen (secondary N) is 1. The minimum absolute atomic E-state index is 0.0504. The van der Waals surface area contributed by atoms with E-state index in [4.69, 9.17) is 0 Å². The average molecular weight is 319 g/mol. The highest BCUT2D eigenvalue weighted by atomic mass is 79.9. The second-order valence-corrected chi connectivity index (χ2v) is 6.79. The van der Waals surface area contributed by atoms with E-state index >= 15 is 0 Å². The minimum Gasteiger partial charge on any atom is -0.282 e. The van der Waals surface area contributed by atoms with Gasteiger partial charge >= 0.3 is 0 Å². The van der Waals surface area contributed by atoms with Crippen molar-refractivity contribution in [2.24, 2.45) is 0 Å². The van der Waals surface area contributed by atoms with Gasteiger partial charge in [-0.1, -0.05) is 41.9 Å². The first-order chi connectivity index (χ1) is 9.09. The molecule has 0 saturated carbocycles. The molecule has 1 aliphatic carbocycles. The number of H-pyrrole nitrogens is 1. The molecular formula is C16H19BrN2. The molecule has 3 heteroatoms. The van der Waals surface area contributed by atoms with Crippen LogP contribution < -0.4 is 0 Å². The average Bonchev–Trinajstić information content (AvgIpc) is 2.83. The molecule has 0 radical (unpaired) electrons. The summed E-state index contributed by atoms with van der Waals surface area (Å²) in [5.41, 5.74) is 5.29. The van der Waals surface area contributed by atoms with Crippen LogP contribution in [0.3, 0.4) is 0 Å². The van der Waals surface area contributed by atoms with Crippen molar-refractivity contribution >= 4 is 15.9 Å². The molecule has 1 aromatic carbocycles. The van der Waals surface area contributed by atoms with E-state index in [9.17, 15) is 0 Å². The Morgan fingerprint density at radius 3 is 2.79 bits per heavy atom. The predicted octanol–water partition coefficient (Wildman–Crippen LogP) is 4.38. The highest BCUT2D eigenvalue weighted by Crippen LogP contribution is 2.36. The van der Waals surface area contributed by atoms with E-state index in [0.717, 1.165) is 10.9 Å². The lowest BCUT2D eigenvalue weighted by Gasteiger charge is -2.26. The Balaban J connectivity index is 2.07. The Hall–Kier alpha value is -1.09. The summed E-state index contributed by atoms with van der Waals surface area (Å²) >= 11 is 3.56. The molecule has 0 aliphatic heterocycles. The fourth-order valence-corrected chi connectivity index (χ4v) is 3.41. The number of benzene rings is 1. The van der Waals surface area contributed by atoms with Crippen molar-refractivity contribution in [1.82, 2.24) is 10.2 Å². The lowest BCUT2D eigenvalue weighted by Crippen LogP contribution is -2.22. The summed E-state index contributed by atoms with van der Waals surface area (Å²) in [5, 5.41) is 7.89. The van der Waals surface area contributed by atoms with Gasteiger partial charge in [0.25, 0.3) is 0 Å². The summed E-state index contributed by atoms with van der Waals surface area (Å²) in [4.78, 5) is 0. The van der Waals surface area contributed by atoms with Gasteiger partial charge in [0.1, 0.15) is 0 Å². The van der Waals surface area contributed by atoms with Crippen molar-refractivity contribution in [3.63, 3.8) is 0 Å². The minimum atomic E-state index is -0.0504. The van der Waals surface area contributed by atoms with E-state index in [0.29, 0.717) is 0 Å². The molecule has 0 unspecified atom stereocenters. The van der Waals surface area contributed by atoms with E-state index < -0.39 is 0 Å². The molecule has 0 spiro atoms. The zero-order chi connectivity index (χ0) is 13.5. The van der Waals surface area contributed by atoms with Gasteiger partial charge in [-0.05, 0) is 48.9 Å². The fourth-order valence-electron chi connectivity index (χ4n) is 3.01. The first-order valence-electron chi connectivity index (χ1n) is 6.91. The zero-order valence-electron chi connectivity index (χ0n) is 11.5. The number of rotatable bonds is 2. The highest BCUT2D eigenvalue weighted by Gasteiger charge is 2.31. The fraction of sp³-hybridized carbons (Fsp3) is 0.438. The lowest BCUT2D eigenvalue weighted by atomic mass is 9.78. The normalized spacial score (nSPS) is 15.3. The molecule has 0 atom stereocenters. The van der Waals surface area contributed by atoms with E-state index in [-0.39, 0.29) is 5.41 Å². The number of hydrogen-bond donors (Lipinski definition) is 1. The van der Waals surface area contributed by atoms with Gasteiger partial charge < -0.3 is 0 Å². The van der Waals surface area contributed by atoms with E-state index in [1.54, 1.807) is 0 Å². The Kier molecular flexibility index (Phi) is 3.25. The standard InChI is InChI=1S/C16H19BrN2/c1-16(2,11-6-5-7-12(17)10-11)15-13-8-3-4-9-14(13)18-19-15/h5-7,10H,3-4,8-9H2,1-2H3,(H,18,19). The van der Waals surface area contributed by atoms with Crippen LogP contribution in [-0.4, -0.2) is 10.2 Å². The molecule has 1 heterocycles. The number of fused-ring (bicyclic) bond motifs is 1. The summed E-state index contributed by atoms with van der Waals surface area (Å²) in [5.74, 6) is 0. The van der Waals surface area contributed by atoms with Crippen molar-refractivity contribution < 1.29 is 0 Å². The number of aryl methyl sites for hydroxylation is 1. The molecule has 1 aliphatic rings. The SMILES string of the molecule is CC(C)(c1cccc(Br)c1)c1n[nH]c2c1CCCC2. The molecule has 2 nitrogen and oxygen atoms in total. The smallest absolute Gasteiger partial charge is 0.0756 e. The summed E-state index contributed by atoms with van der Waals surface area (Å²) < 4.78 is 1.13. The predicted molar refractivity (Wildman–Crippen MR) is 81.5 cm³/mol. The van der Waals surface area contributed by atoms with Gasteiger partial charge in [0.2, 0.25) is 0 Å². The first kappa shape index (κ1) is 12.9.